The molecule has 0 spiro atoms. The SMILES string of the molecule is Cc1ncn(-c2ccc(Nc3nccc(NC4CCNC4)n3)cc2)n1.O=C(O)C(F)(F)F. The Morgan fingerprint density at radius 3 is 2.50 bits per heavy atom. The Labute approximate surface area is 180 Å². The van der Waals surface area contributed by atoms with Crippen LogP contribution >= 0.6 is 0 Å². The molecule has 1 aromatic carbocycles. The van der Waals surface area contributed by atoms with Crippen molar-refractivity contribution in [2.24, 2.45) is 0 Å². The monoisotopic (exact) mass is 450 g/mol. The summed E-state index contributed by atoms with van der Waals surface area (Å²) in [5.74, 6) is -0.605. The minimum absolute atomic E-state index is 0.424. The highest BCUT2D eigenvalue weighted by atomic mass is 19.4. The van der Waals surface area contributed by atoms with Gasteiger partial charge in [-0.05, 0) is 50.2 Å². The van der Waals surface area contributed by atoms with Crippen LogP contribution in [0.3, 0.4) is 0 Å². The number of halogens is 3. The Morgan fingerprint density at radius 1 is 1.22 bits per heavy atom. The fraction of sp³-hybridized carbons (Fsp3) is 0.316. The average Bonchev–Trinajstić information content (AvgIpc) is 3.40. The molecule has 3 heterocycles. The van der Waals surface area contributed by atoms with Gasteiger partial charge in [0.2, 0.25) is 5.95 Å². The molecule has 32 heavy (non-hydrogen) atoms. The highest BCUT2D eigenvalue weighted by Gasteiger charge is 2.38. The van der Waals surface area contributed by atoms with Gasteiger partial charge in [-0.15, -0.1) is 0 Å². The van der Waals surface area contributed by atoms with Gasteiger partial charge in [-0.3, -0.25) is 0 Å². The zero-order valence-electron chi connectivity index (χ0n) is 17.0. The summed E-state index contributed by atoms with van der Waals surface area (Å²) < 4.78 is 33.5. The van der Waals surface area contributed by atoms with Crippen molar-refractivity contribution < 1.29 is 23.1 Å². The van der Waals surface area contributed by atoms with Crippen LogP contribution in [0.2, 0.25) is 0 Å². The number of hydrogen-bond donors (Lipinski definition) is 4. The number of aliphatic carboxylic acids is 1. The third kappa shape index (κ3) is 6.63. The summed E-state index contributed by atoms with van der Waals surface area (Å²) in [6, 6.07) is 10.2. The standard InChI is InChI=1S/C17H20N8.C2HF3O2/c1-12-20-11-25(24-12)15-4-2-13(3-5-15)22-17-19-9-7-16(23-17)21-14-6-8-18-10-14;3-2(4,5)1(6)7/h2-5,7,9,11,14,18H,6,8,10H2,1H3,(H2,19,21,22,23);(H,6,7). The fourth-order valence-electron chi connectivity index (χ4n) is 2.78. The zero-order chi connectivity index (χ0) is 23.1. The number of aromatic nitrogens is 5. The van der Waals surface area contributed by atoms with E-state index >= 15 is 0 Å². The van der Waals surface area contributed by atoms with E-state index in [1.165, 1.54) is 0 Å². The molecule has 1 saturated heterocycles. The highest BCUT2D eigenvalue weighted by molar-refractivity contribution is 5.73. The van der Waals surface area contributed by atoms with Crippen LogP contribution in [0.5, 0.6) is 0 Å². The fourth-order valence-corrected chi connectivity index (χ4v) is 2.78. The molecule has 4 N–H and O–H groups in total. The van der Waals surface area contributed by atoms with Crippen LogP contribution in [0.15, 0.2) is 42.9 Å². The molecule has 1 aliphatic rings. The number of carboxylic acids is 1. The predicted molar refractivity (Wildman–Crippen MR) is 110 cm³/mol. The van der Waals surface area contributed by atoms with E-state index in [4.69, 9.17) is 9.90 Å². The minimum atomic E-state index is -5.08. The molecule has 1 fully saturated rings. The molecule has 3 aromatic rings. The van der Waals surface area contributed by atoms with Gasteiger partial charge in [-0.1, -0.05) is 0 Å². The third-order valence-corrected chi connectivity index (χ3v) is 4.30. The van der Waals surface area contributed by atoms with Crippen LogP contribution in [0.1, 0.15) is 12.2 Å². The number of nitrogens with one attached hydrogen (secondary N) is 3. The molecule has 13 heteroatoms. The Hall–Kier alpha value is -3.74. The van der Waals surface area contributed by atoms with E-state index in [0.29, 0.717) is 12.0 Å². The predicted octanol–water partition coefficient (Wildman–Crippen LogP) is 2.52. The highest BCUT2D eigenvalue weighted by Crippen LogP contribution is 2.17. The number of anilines is 3. The van der Waals surface area contributed by atoms with Gasteiger partial charge in [-0.2, -0.15) is 23.3 Å². The molecule has 0 saturated carbocycles. The van der Waals surface area contributed by atoms with E-state index in [9.17, 15) is 13.2 Å². The topological polar surface area (TPSA) is 130 Å². The number of hydrogen-bond acceptors (Lipinski definition) is 8. The molecule has 0 amide bonds. The van der Waals surface area contributed by atoms with Crippen molar-refractivity contribution in [1.29, 1.82) is 0 Å². The van der Waals surface area contributed by atoms with Crippen LogP contribution in [-0.4, -0.2) is 61.1 Å². The van der Waals surface area contributed by atoms with E-state index in [2.05, 4.69) is 36.0 Å². The quantitative estimate of drug-likeness (QED) is 0.463. The van der Waals surface area contributed by atoms with Gasteiger partial charge in [0, 0.05) is 24.5 Å². The molecular formula is C19H21F3N8O2. The number of alkyl halides is 3. The lowest BCUT2D eigenvalue weighted by atomic mass is 10.2. The maximum absolute atomic E-state index is 10.6. The number of benzene rings is 1. The Morgan fingerprint density at radius 2 is 1.94 bits per heavy atom. The number of carbonyl (C=O) groups is 1. The largest absolute Gasteiger partial charge is 0.490 e. The second-order valence-electron chi connectivity index (χ2n) is 6.81. The average molecular weight is 450 g/mol. The van der Waals surface area contributed by atoms with Crippen LogP contribution in [0.25, 0.3) is 5.69 Å². The number of aryl methyl sites for hydroxylation is 1. The van der Waals surface area contributed by atoms with Gasteiger partial charge in [0.25, 0.3) is 0 Å². The maximum Gasteiger partial charge on any atom is 0.490 e. The van der Waals surface area contributed by atoms with Crippen molar-refractivity contribution in [2.45, 2.75) is 25.6 Å². The van der Waals surface area contributed by atoms with Crippen LogP contribution in [0, 0.1) is 6.92 Å². The first kappa shape index (κ1) is 22.9. The summed E-state index contributed by atoms with van der Waals surface area (Å²) >= 11 is 0. The number of nitrogens with zero attached hydrogens (tertiary/aromatic N) is 5. The first-order valence-corrected chi connectivity index (χ1v) is 9.57. The molecule has 2 aromatic heterocycles. The number of rotatable bonds is 5. The molecule has 0 bridgehead atoms. The normalized spacial score (nSPS) is 15.6. The van der Waals surface area contributed by atoms with E-state index < -0.39 is 12.1 Å². The van der Waals surface area contributed by atoms with Gasteiger partial charge < -0.3 is 21.1 Å². The summed E-state index contributed by atoms with van der Waals surface area (Å²) in [4.78, 5) is 21.9. The van der Waals surface area contributed by atoms with Crippen molar-refractivity contribution in [3.05, 3.63) is 48.7 Å². The molecule has 1 aliphatic heterocycles. The minimum Gasteiger partial charge on any atom is -0.475 e. The van der Waals surface area contributed by atoms with E-state index in [1.807, 2.05) is 37.3 Å². The van der Waals surface area contributed by atoms with Crippen molar-refractivity contribution in [2.75, 3.05) is 23.7 Å². The lowest BCUT2D eigenvalue weighted by Gasteiger charge is -2.13. The first-order valence-electron chi connectivity index (χ1n) is 9.57. The van der Waals surface area contributed by atoms with Crippen LogP contribution < -0.4 is 16.0 Å². The molecule has 10 nitrogen and oxygen atoms in total. The van der Waals surface area contributed by atoms with Crippen molar-refractivity contribution >= 4 is 23.4 Å². The third-order valence-electron chi connectivity index (χ3n) is 4.30. The molecule has 170 valence electrons. The lowest BCUT2D eigenvalue weighted by molar-refractivity contribution is -0.192. The molecule has 0 radical (unpaired) electrons. The molecule has 0 aliphatic carbocycles. The smallest absolute Gasteiger partial charge is 0.475 e. The van der Waals surface area contributed by atoms with E-state index in [1.54, 1.807) is 17.2 Å². The van der Waals surface area contributed by atoms with Gasteiger partial charge in [0.05, 0.1) is 5.69 Å². The van der Waals surface area contributed by atoms with Crippen molar-refractivity contribution in [3.63, 3.8) is 0 Å². The summed E-state index contributed by atoms with van der Waals surface area (Å²) in [7, 11) is 0. The summed E-state index contributed by atoms with van der Waals surface area (Å²) in [6.07, 6.45) is -0.517. The van der Waals surface area contributed by atoms with Gasteiger partial charge >= 0.3 is 12.1 Å². The summed E-state index contributed by atoms with van der Waals surface area (Å²) in [5.41, 5.74) is 1.87. The molecule has 1 atom stereocenters. The second kappa shape index (κ2) is 10.0. The zero-order valence-corrected chi connectivity index (χ0v) is 17.0. The molecular weight excluding hydrogens is 429 g/mol. The van der Waals surface area contributed by atoms with E-state index in [-0.39, 0.29) is 0 Å². The van der Waals surface area contributed by atoms with E-state index in [0.717, 1.165) is 42.5 Å². The summed E-state index contributed by atoms with van der Waals surface area (Å²) in [5, 5.41) is 21.4. The Balaban J connectivity index is 0.000000360. The lowest BCUT2D eigenvalue weighted by Crippen LogP contribution is -2.22. The molecule has 4 rings (SSSR count). The van der Waals surface area contributed by atoms with Gasteiger partial charge in [-0.25, -0.2) is 19.4 Å². The second-order valence-corrected chi connectivity index (χ2v) is 6.81. The summed E-state index contributed by atoms with van der Waals surface area (Å²) in [6.45, 7) is 3.88. The maximum atomic E-state index is 10.6. The van der Waals surface area contributed by atoms with Crippen LogP contribution in [0.4, 0.5) is 30.6 Å². The Kier molecular flexibility index (Phi) is 7.20. The first-order chi connectivity index (χ1) is 15.2. The number of carboxylic acid groups (broad SMARTS) is 1. The molecule has 1 unspecified atom stereocenters. The van der Waals surface area contributed by atoms with Crippen molar-refractivity contribution in [1.82, 2.24) is 30.0 Å². The van der Waals surface area contributed by atoms with Crippen LogP contribution in [-0.2, 0) is 4.79 Å². The van der Waals surface area contributed by atoms with Crippen molar-refractivity contribution in [3.8, 4) is 5.69 Å². The Bertz CT molecular complexity index is 1030. The van der Waals surface area contributed by atoms with Gasteiger partial charge in [0.15, 0.2) is 0 Å². The van der Waals surface area contributed by atoms with Gasteiger partial charge in [0.1, 0.15) is 18.0 Å².